The Kier molecular flexibility index (Phi) is 4.42. The van der Waals surface area contributed by atoms with Crippen LogP contribution in [0.5, 0.6) is 0 Å². The second kappa shape index (κ2) is 5.37. The molecule has 0 atom stereocenters. The van der Waals surface area contributed by atoms with Crippen LogP contribution >= 0.6 is 15.9 Å². The van der Waals surface area contributed by atoms with E-state index in [1.54, 1.807) is 0 Å². The lowest BCUT2D eigenvalue weighted by Gasteiger charge is -2.05. The van der Waals surface area contributed by atoms with Gasteiger partial charge >= 0.3 is 0 Å². The minimum absolute atomic E-state index is 0.690. The summed E-state index contributed by atoms with van der Waals surface area (Å²) in [4.78, 5) is 5.05. The van der Waals surface area contributed by atoms with Crippen molar-refractivity contribution in [2.75, 3.05) is 6.61 Å². The monoisotopic (exact) mass is 243 g/mol. The maximum atomic E-state index is 5.05. The summed E-state index contributed by atoms with van der Waals surface area (Å²) in [5, 5.41) is 0. The first-order valence-electron chi connectivity index (χ1n) is 4.33. The van der Waals surface area contributed by atoms with Gasteiger partial charge in [-0.3, -0.25) is 0 Å². The maximum absolute atomic E-state index is 5.05. The molecule has 13 heavy (non-hydrogen) atoms. The van der Waals surface area contributed by atoms with Gasteiger partial charge in [0.15, 0.2) is 0 Å². The SMILES string of the molecule is CCONCc1ccc(Br)c(C)c1. The zero-order valence-electron chi connectivity index (χ0n) is 7.93. The lowest BCUT2D eigenvalue weighted by molar-refractivity contribution is 0.0463. The van der Waals surface area contributed by atoms with Crippen LogP contribution in [0.1, 0.15) is 18.1 Å². The van der Waals surface area contributed by atoms with Crippen LogP contribution in [0.15, 0.2) is 22.7 Å². The van der Waals surface area contributed by atoms with Gasteiger partial charge in [0, 0.05) is 11.0 Å². The summed E-state index contributed by atoms with van der Waals surface area (Å²) < 4.78 is 1.15. The van der Waals surface area contributed by atoms with Crippen LogP contribution in [0.2, 0.25) is 0 Å². The number of rotatable bonds is 4. The van der Waals surface area contributed by atoms with Gasteiger partial charge in [-0.1, -0.05) is 28.1 Å². The summed E-state index contributed by atoms with van der Waals surface area (Å²) in [5.41, 5.74) is 5.36. The first-order valence-corrected chi connectivity index (χ1v) is 5.13. The summed E-state index contributed by atoms with van der Waals surface area (Å²) in [6.45, 7) is 5.48. The van der Waals surface area contributed by atoms with Crippen molar-refractivity contribution in [2.24, 2.45) is 0 Å². The van der Waals surface area contributed by atoms with Crippen molar-refractivity contribution in [1.82, 2.24) is 5.48 Å². The summed E-state index contributed by atoms with van der Waals surface area (Å²) in [6.07, 6.45) is 0. The quantitative estimate of drug-likeness (QED) is 0.649. The van der Waals surface area contributed by atoms with E-state index >= 15 is 0 Å². The third-order valence-electron chi connectivity index (χ3n) is 1.75. The predicted octanol–water partition coefficient (Wildman–Crippen LogP) is 2.80. The van der Waals surface area contributed by atoms with E-state index in [9.17, 15) is 0 Å². The lowest BCUT2D eigenvalue weighted by atomic mass is 10.1. The molecule has 0 saturated carbocycles. The van der Waals surface area contributed by atoms with Crippen molar-refractivity contribution in [1.29, 1.82) is 0 Å². The van der Waals surface area contributed by atoms with E-state index in [4.69, 9.17) is 4.84 Å². The van der Waals surface area contributed by atoms with Crippen LogP contribution in [0.3, 0.4) is 0 Å². The molecule has 2 nitrogen and oxygen atoms in total. The van der Waals surface area contributed by atoms with Gasteiger partial charge in [0.05, 0.1) is 6.61 Å². The van der Waals surface area contributed by atoms with E-state index in [0.717, 1.165) is 11.0 Å². The number of halogens is 1. The fraction of sp³-hybridized carbons (Fsp3) is 0.400. The van der Waals surface area contributed by atoms with Gasteiger partial charge in [-0.2, -0.15) is 5.48 Å². The first kappa shape index (κ1) is 10.7. The highest BCUT2D eigenvalue weighted by Gasteiger charge is 1.96. The number of nitrogens with one attached hydrogen (secondary N) is 1. The van der Waals surface area contributed by atoms with Gasteiger partial charge in [0.2, 0.25) is 0 Å². The third-order valence-corrected chi connectivity index (χ3v) is 2.63. The number of benzene rings is 1. The van der Waals surface area contributed by atoms with Crippen molar-refractivity contribution in [3.05, 3.63) is 33.8 Å². The standard InChI is InChI=1S/C10H14BrNO/c1-3-13-12-7-9-4-5-10(11)8(2)6-9/h4-6,12H,3,7H2,1-2H3. The van der Waals surface area contributed by atoms with Crippen molar-refractivity contribution in [2.45, 2.75) is 20.4 Å². The van der Waals surface area contributed by atoms with Gasteiger partial charge in [-0.05, 0) is 31.0 Å². The Balaban J connectivity index is 2.53. The molecule has 0 amide bonds. The molecule has 0 fully saturated rings. The van der Waals surface area contributed by atoms with Crippen LogP contribution in [-0.4, -0.2) is 6.61 Å². The van der Waals surface area contributed by atoms with E-state index < -0.39 is 0 Å². The summed E-state index contributed by atoms with van der Waals surface area (Å²) in [7, 11) is 0. The molecule has 0 unspecified atom stereocenters. The summed E-state index contributed by atoms with van der Waals surface area (Å²) in [6, 6.07) is 6.26. The number of hydrogen-bond donors (Lipinski definition) is 1. The normalized spacial score (nSPS) is 10.4. The number of aryl methyl sites for hydroxylation is 1. The molecule has 0 radical (unpaired) electrons. The van der Waals surface area contributed by atoms with E-state index in [1.165, 1.54) is 11.1 Å². The predicted molar refractivity (Wildman–Crippen MR) is 57.3 cm³/mol. The van der Waals surface area contributed by atoms with Crippen LogP contribution in [0.25, 0.3) is 0 Å². The smallest absolute Gasteiger partial charge is 0.0654 e. The molecule has 1 aromatic rings. The van der Waals surface area contributed by atoms with Gasteiger partial charge in [0.25, 0.3) is 0 Å². The van der Waals surface area contributed by atoms with Crippen LogP contribution < -0.4 is 5.48 Å². The molecule has 0 aromatic heterocycles. The van der Waals surface area contributed by atoms with Crippen molar-refractivity contribution in [3.8, 4) is 0 Å². The Labute approximate surface area is 87.4 Å². The Morgan fingerprint density at radius 1 is 1.46 bits per heavy atom. The molecular formula is C10H14BrNO. The van der Waals surface area contributed by atoms with E-state index in [-0.39, 0.29) is 0 Å². The van der Waals surface area contributed by atoms with E-state index in [2.05, 4.69) is 46.5 Å². The number of hydrogen-bond acceptors (Lipinski definition) is 2. The molecule has 0 aliphatic rings. The molecular weight excluding hydrogens is 230 g/mol. The Morgan fingerprint density at radius 2 is 2.23 bits per heavy atom. The molecule has 1 aromatic carbocycles. The molecule has 0 saturated heterocycles. The second-order valence-electron chi connectivity index (χ2n) is 2.84. The van der Waals surface area contributed by atoms with Crippen molar-refractivity contribution in [3.63, 3.8) is 0 Å². The molecule has 0 spiro atoms. The lowest BCUT2D eigenvalue weighted by Crippen LogP contribution is -2.13. The third kappa shape index (κ3) is 3.46. The molecule has 0 bridgehead atoms. The molecule has 3 heteroatoms. The minimum Gasteiger partial charge on any atom is -0.302 e. The maximum Gasteiger partial charge on any atom is 0.0654 e. The highest BCUT2D eigenvalue weighted by atomic mass is 79.9. The highest BCUT2D eigenvalue weighted by Crippen LogP contribution is 2.16. The fourth-order valence-corrected chi connectivity index (χ4v) is 1.30. The molecule has 1 N–H and O–H groups in total. The highest BCUT2D eigenvalue weighted by molar-refractivity contribution is 9.10. The molecule has 1 rings (SSSR count). The van der Waals surface area contributed by atoms with Gasteiger partial charge in [-0.15, -0.1) is 0 Å². The second-order valence-corrected chi connectivity index (χ2v) is 3.69. The average Bonchev–Trinajstić information content (AvgIpc) is 2.12. The van der Waals surface area contributed by atoms with Crippen LogP contribution in [-0.2, 0) is 11.4 Å². The Morgan fingerprint density at radius 3 is 2.85 bits per heavy atom. The van der Waals surface area contributed by atoms with Gasteiger partial charge in [-0.25, -0.2) is 0 Å². The first-order chi connectivity index (χ1) is 6.24. The van der Waals surface area contributed by atoms with E-state index in [0.29, 0.717) is 6.61 Å². The van der Waals surface area contributed by atoms with Crippen LogP contribution in [0.4, 0.5) is 0 Å². The van der Waals surface area contributed by atoms with Crippen molar-refractivity contribution >= 4 is 15.9 Å². The molecule has 0 aliphatic carbocycles. The summed E-state index contributed by atoms with van der Waals surface area (Å²) in [5.74, 6) is 0. The fourth-order valence-electron chi connectivity index (χ4n) is 1.05. The summed E-state index contributed by atoms with van der Waals surface area (Å²) >= 11 is 3.46. The zero-order chi connectivity index (χ0) is 9.68. The zero-order valence-corrected chi connectivity index (χ0v) is 9.52. The topological polar surface area (TPSA) is 21.3 Å². The van der Waals surface area contributed by atoms with E-state index in [1.807, 2.05) is 6.92 Å². The molecule has 0 heterocycles. The van der Waals surface area contributed by atoms with Crippen molar-refractivity contribution < 1.29 is 4.84 Å². The Bertz CT molecular complexity index is 276. The molecule has 0 aliphatic heterocycles. The van der Waals surface area contributed by atoms with Gasteiger partial charge in [0.1, 0.15) is 0 Å². The van der Waals surface area contributed by atoms with Gasteiger partial charge < -0.3 is 4.84 Å². The minimum atomic E-state index is 0.690. The Hall–Kier alpha value is -0.380. The average molecular weight is 244 g/mol. The van der Waals surface area contributed by atoms with Crippen LogP contribution in [0, 0.1) is 6.92 Å². The number of hydroxylamine groups is 1. The largest absolute Gasteiger partial charge is 0.302 e. The molecule has 72 valence electrons.